The van der Waals surface area contributed by atoms with Crippen LogP contribution in [-0.2, 0) is 16.6 Å². The third-order valence-corrected chi connectivity index (χ3v) is 9.50. The summed E-state index contributed by atoms with van der Waals surface area (Å²) in [6.45, 7) is 1.99. The molecule has 43 heavy (non-hydrogen) atoms. The minimum Gasteiger partial charge on any atom is -0.455 e. The van der Waals surface area contributed by atoms with Gasteiger partial charge in [0.1, 0.15) is 22.2 Å². The molecule has 2 aromatic heterocycles. The van der Waals surface area contributed by atoms with Gasteiger partial charge in [-0.05, 0) is 66.6 Å². The molecule has 0 fully saturated rings. The number of nitrogens with one attached hydrogen (secondary N) is 2. The van der Waals surface area contributed by atoms with Crippen molar-refractivity contribution >= 4 is 54.1 Å². The van der Waals surface area contributed by atoms with Crippen LogP contribution < -0.4 is 15.8 Å². The lowest BCUT2D eigenvalue weighted by Gasteiger charge is -2.13. The maximum absolute atomic E-state index is 13.7. The van der Waals surface area contributed by atoms with E-state index in [0.717, 1.165) is 26.4 Å². The van der Waals surface area contributed by atoms with Gasteiger partial charge in [-0.2, -0.15) is 0 Å². The SMILES string of the molecule is CCS(=O)(=O)Nc1cc2oc(-c3ccc(F)cc3)c(C(=O)NC)c2cc1-c1cccc(-c2nc3ccc(CN)cc3s2)c1. The lowest BCUT2D eigenvalue weighted by molar-refractivity contribution is 0.0964. The third kappa shape index (κ3) is 5.50. The Bertz CT molecular complexity index is 2120. The molecule has 0 spiro atoms. The topological polar surface area (TPSA) is 127 Å². The molecule has 4 N–H and O–H groups in total. The van der Waals surface area contributed by atoms with Crippen molar-refractivity contribution in [1.82, 2.24) is 10.3 Å². The number of sulfonamides is 1. The molecule has 0 atom stereocenters. The van der Waals surface area contributed by atoms with Crippen LogP contribution in [0.4, 0.5) is 10.1 Å². The van der Waals surface area contributed by atoms with Crippen molar-refractivity contribution < 1.29 is 22.0 Å². The monoisotopic (exact) mass is 614 g/mol. The molecule has 6 rings (SSSR count). The maximum atomic E-state index is 13.7. The van der Waals surface area contributed by atoms with Crippen molar-refractivity contribution in [2.75, 3.05) is 17.5 Å². The third-order valence-electron chi connectivity index (χ3n) is 7.14. The number of benzene rings is 4. The number of halogens is 1. The Morgan fingerprint density at radius 2 is 1.77 bits per heavy atom. The molecule has 0 radical (unpaired) electrons. The van der Waals surface area contributed by atoms with Crippen molar-refractivity contribution in [3.05, 3.63) is 95.8 Å². The quantitative estimate of drug-likeness (QED) is 0.174. The molecule has 0 aliphatic carbocycles. The van der Waals surface area contributed by atoms with Gasteiger partial charge in [0, 0.05) is 41.7 Å². The number of hydrogen-bond acceptors (Lipinski definition) is 7. The number of amides is 1. The van der Waals surface area contributed by atoms with E-state index < -0.39 is 21.7 Å². The number of carbonyl (C=O) groups excluding carboxylic acids is 1. The highest BCUT2D eigenvalue weighted by Gasteiger charge is 2.24. The summed E-state index contributed by atoms with van der Waals surface area (Å²) in [5.41, 5.74) is 11.2. The van der Waals surface area contributed by atoms with Crippen molar-refractivity contribution in [3.63, 3.8) is 0 Å². The fraction of sp³-hybridized carbons (Fsp3) is 0.125. The number of fused-ring (bicyclic) bond motifs is 2. The molecule has 2 heterocycles. The van der Waals surface area contributed by atoms with E-state index in [4.69, 9.17) is 15.1 Å². The van der Waals surface area contributed by atoms with Crippen LogP contribution in [0.5, 0.6) is 0 Å². The van der Waals surface area contributed by atoms with Gasteiger partial charge in [0.25, 0.3) is 5.91 Å². The Balaban J connectivity index is 1.56. The minimum absolute atomic E-state index is 0.135. The molecule has 0 saturated carbocycles. The number of furan rings is 1. The van der Waals surface area contributed by atoms with Gasteiger partial charge in [0.2, 0.25) is 10.0 Å². The van der Waals surface area contributed by atoms with E-state index in [1.807, 2.05) is 42.5 Å². The van der Waals surface area contributed by atoms with Crippen molar-refractivity contribution in [3.8, 4) is 33.0 Å². The number of thiazole rings is 1. The van der Waals surface area contributed by atoms with E-state index in [9.17, 15) is 17.6 Å². The van der Waals surface area contributed by atoms with E-state index in [0.29, 0.717) is 39.9 Å². The normalized spacial score (nSPS) is 11.7. The summed E-state index contributed by atoms with van der Waals surface area (Å²) in [7, 11) is -2.16. The molecule has 218 valence electrons. The first-order valence-electron chi connectivity index (χ1n) is 13.5. The molecular weight excluding hydrogens is 588 g/mol. The highest BCUT2D eigenvalue weighted by Crippen LogP contribution is 2.41. The predicted octanol–water partition coefficient (Wildman–Crippen LogP) is 6.76. The van der Waals surface area contributed by atoms with E-state index in [-0.39, 0.29) is 17.1 Å². The molecule has 0 saturated heterocycles. The summed E-state index contributed by atoms with van der Waals surface area (Å²) in [5, 5.41) is 3.94. The summed E-state index contributed by atoms with van der Waals surface area (Å²) < 4.78 is 49.0. The number of hydrogen-bond donors (Lipinski definition) is 3. The zero-order valence-electron chi connectivity index (χ0n) is 23.3. The number of aromatic nitrogens is 1. The molecule has 6 aromatic rings. The zero-order chi connectivity index (χ0) is 30.3. The number of nitrogens with two attached hydrogens (primary N) is 1. The average molecular weight is 615 g/mol. The van der Waals surface area contributed by atoms with Crippen LogP contribution in [0, 0.1) is 5.82 Å². The first-order valence-corrected chi connectivity index (χ1v) is 16.0. The number of anilines is 1. The second-order valence-corrected chi connectivity index (χ2v) is 12.9. The van der Waals surface area contributed by atoms with E-state index in [2.05, 4.69) is 10.0 Å². The first-order chi connectivity index (χ1) is 20.7. The molecular formula is C32H27FN4O4S2. The number of carbonyl (C=O) groups is 1. The van der Waals surface area contributed by atoms with Crippen LogP contribution >= 0.6 is 11.3 Å². The number of nitrogens with zero attached hydrogens (tertiary/aromatic N) is 1. The van der Waals surface area contributed by atoms with Crippen LogP contribution in [-0.4, -0.2) is 32.1 Å². The summed E-state index contributed by atoms with van der Waals surface area (Å²) in [6, 6.07) is 22.5. The lowest BCUT2D eigenvalue weighted by atomic mass is 9.97. The Hall–Kier alpha value is -4.58. The Morgan fingerprint density at radius 3 is 2.49 bits per heavy atom. The van der Waals surface area contributed by atoms with Gasteiger partial charge >= 0.3 is 0 Å². The zero-order valence-corrected chi connectivity index (χ0v) is 24.9. The standard InChI is InChI=1S/C32H27FN4O4S2/c1-3-43(39,40)37-26-16-27-24(29(31(38)35-2)30(41-27)19-8-10-22(33)11-9-19)15-23(26)20-5-4-6-21(14-20)32-36-25-12-7-18(17-34)13-28(25)42-32/h4-16,37H,3,17,34H2,1-2H3,(H,35,38). The van der Waals surface area contributed by atoms with Gasteiger partial charge in [0.15, 0.2) is 0 Å². The molecule has 0 aliphatic heterocycles. The second kappa shape index (κ2) is 11.3. The largest absolute Gasteiger partial charge is 0.455 e. The summed E-state index contributed by atoms with van der Waals surface area (Å²) in [5.74, 6) is -0.710. The van der Waals surface area contributed by atoms with Gasteiger partial charge in [-0.3, -0.25) is 9.52 Å². The summed E-state index contributed by atoms with van der Waals surface area (Å²) in [4.78, 5) is 18.0. The average Bonchev–Trinajstić information content (AvgIpc) is 3.61. The van der Waals surface area contributed by atoms with Crippen LogP contribution in [0.3, 0.4) is 0 Å². The lowest BCUT2D eigenvalue weighted by Crippen LogP contribution is -2.18. The Labute approximate surface area is 251 Å². The van der Waals surface area contributed by atoms with Gasteiger partial charge in [-0.25, -0.2) is 17.8 Å². The highest BCUT2D eigenvalue weighted by atomic mass is 32.2. The smallest absolute Gasteiger partial charge is 0.255 e. The minimum atomic E-state index is -3.67. The summed E-state index contributed by atoms with van der Waals surface area (Å²) >= 11 is 1.54. The summed E-state index contributed by atoms with van der Waals surface area (Å²) in [6.07, 6.45) is 0. The van der Waals surface area contributed by atoms with Crippen molar-refractivity contribution in [2.45, 2.75) is 13.5 Å². The first kappa shape index (κ1) is 28.5. The highest BCUT2D eigenvalue weighted by molar-refractivity contribution is 7.92. The molecule has 4 aromatic carbocycles. The molecule has 1 amide bonds. The van der Waals surface area contributed by atoms with Crippen LogP contribution in [0.2, 0.25) is 0 Å². The van der Waals surface area contributed by atoms with Gasteiger partial charge in [-0.15, -0.1) is 11.3 Å². The number of rotatable bonds is 8. The molecule has 11 heteroatoms. The van der Waals surface area contributed by atoms with Gasteiger partial charge < -0.3 is 15.5 Å². The van der Waals surface area contributed by atoms with Crippen molar-refractivity contribution in [2.24, 2.45) is 5.73 Å². The predicted molar refractivity (Wildman–Crippen MR) is 170 cm³/mol. The molecule has 0 bridgehead atoms. The van der Waals surface area contributed by atoms with Gasteiger partial charge in [0.05, 0.1) is 27.2 Å². The van der Waals surface area contributed by atoms with Crippen LogP contribution in [0.15, 0.2) is 83.3 Å². The molecule has 8 nitrogen and oxygen atoms in total. The van der Waals surface area contributed by atoms with E-state index >= 15 is 0 Å². The molecule has 0 aliphatic rings. The molecule has 0 unspecified atom stereocenters. The van der Waals surface area contributed by atoms with Crippen molar-refractivity contribution in [1.29, 1.82) is 0 Å². The maximum Gasteiger partial charge on any atom is 0.255 e. The second-order valence-electron chi connectivity index (χ2n) is 9.90. The van der Waals surface area contributed by atoms with Crippen LogP contribution in [0.25, 0.3) is 54.2 Å². The van der Waals surface area contributed by atoms with Gasteiger partial charge in [-0.1, -0.05) is 24.3 Å². The fourth-order valence-corrected chi connectivity index (χ4v) is 6.57. The Morgan fingerprint density at radius 1 is 1.00 bits per heavy atom. The van der Waals surface area contributed by atoms with E-state index in [1.54, 1.807) is 30.4 Å². The fourth-order valence-electron chi connectivity index (χ4n) is 4.90. The van der Waals surface area contributed by atoms with Crippen LogP contribution in [0.1, 0.15) is 22.8 Å². The Kier molecular flexibility index (Phi) is 7.47. The van der Waals surface area contributed by atoms with E-state index in [1.165, 1.54) is 31.3 Å².